The van der Waals surface area contributed by atoms with E-state index in [2.05, 4.69) is 10.3 Å². The van der Waals surface area contributed by atoms with Crippen LogP contribution in [0.4, 0.5) is 4.79 Å². The van der Waals surface area contributed by atoms with E-state index in [1.54, 1.807) is 39.8 Å². The van der Waals surface area contributed by atoms with Gasteiger partial charge in [0.05, 0.1) is 38.6 Å². The van der Waals surface area contributed by atoms with Gasteiger partial charge in [-0.25, -0.2) is 9.59 Å². The number of carbonyl (C=O) groups is 2. The van der Waals surface area contributed by atoms with Crippen molar-refractivity contribution in [1.82, 2.24) is 10.3 Å². The highest BCUT2D eigenvalue weighted by Crippen LogP contribution is 2.35. The summed E-state index contributed by atoms with van der Waals surface area (Å²) in [5, 5.41) is 3.82. The Bertz CT molecular complexity index is 873. The normalized spacial score (nSPS) is 11.1. The van der Waals surface area contributed by atoms with Crippen LogP contribution >= 0.6 is 0 Å². The Morgan fingerprint density at radius 2 is 1.86 bits per heavy atom. The predicted octanol–water partition coefficient (Wildman–Crippen LogP) is 3.45. The predicted molar refractivity (Wildman–Crippen MR) is 104 cm³/mol. The van der Waals surface area contributed by atoms with Crippen molar-refractivity contribution in [3.63, 3.8) is 0 Å². The maximum absolute atomic E-state index is 12.4. The highest BCUT2D eigenvalue weighted by atomic mass is 16.6. The summed E-state index contributed by atoms with van der Waals surface area (Å²) in [6, 6.07) is 3.40. The fourth-order valence-electron chi connectivity index (χ4n) is 2.63. The van der Waals surface area contributed by atoms with Crippen molar-refractivity contribution in [2.24, 2.45) is 0 Å². The molecule has 28 heavy (non-hydrogen) atoms. The summed E-state index contributed by atoms with van der Waals surface area (Å²) in [6.07, 6.45) is 0.857. The standard InChI is InChI=1S/C20H26N2O6/c1-7-27-18(23)14-10-21-15(11-22-19(24)28-20(2,3)4)17-13(14)8-12(25-5)9-16(17)26-6/h8-10H,7,11H2,1-6H3,(H,22,24). The number of aromatic nitrogens is 1. The summed E-state index contributed by atoms with van der Waals surface area (Å²) < 4.78 is 21.2. The van der Waals surface area contributed by atoms with Crippen molar-refractivity contribution < 1.29 is 28.5 Å². The minimum Gasteiger partial charge on any atom is -0.497 e. The first kappa shape index (κ1) is 21.3. The van der Waals surface area contributed by atoms with E-state index in [0.29, 0.717) is 28.0 Å². The van der Waals surface area contributed by atoms with Gasteiger partial charge in [0, 0.05) is 23.0 Å². The molecule has 1 heterocycles. The number of nitrogens with one attached hydrogen (secondary N) is 1. The summed E-state index contributed by atoms with van der Waals surface area (Å²) in [4.78, 5) is 28.7. The van der Waals surface area contributed by atoms with Crippen molar-refractivity contribution in [2.45, 2.75) is 39.8 Å². The number of pyridine rings is 1. The van der Waals surface area contributed by atoms with Gasteiger partial charge in [-0.1, -0.05) is 0 Å². The van der Waals surface area contributed by atoms with Gasteiger partial charge in [-0.2, -0.15) is 0 Å². The number of alkyl carbamates (subject to hydrolysis) is 1. The number of hydrogen-bond acceptors (Lipinski definition) is 7. The van der Waals surface area contributed by atoms with E-state index >= 15 is 0 Å². The first-order valence-corrected chi connectivity index (χ1v) is 8.87. The van der Waals surface area contributed by atoms with Gasteiger partial charge in [0.25, 0.3) is 0 Å². The van der Waals surface area contributed by atoms with Gasteiger partial charge >= 0.3 is 12.1 Å². The molecule has 0 aliphatic carbocycles. The number of hydrogen-bond donors (Lipinski definition) is 1. The average Bonchev–Trinajstić information content (AvgIpc) is 2.63. The molecule has 0 atom stereocenters. The molecule has 0 fully saturated rings. The minimum atomic E-state index is -0.613. The maximum atomic E-state index is 12.4. The topological polar surface area (TPSA) is 96.0 Å². The number of carbonyl (C=O) groups excluding carboxylic acids is 2. The van der Waals surface area contributed by atoms with E-state index in [4.69, 9.17) is 18.9 Å². The van der Waals surface area contributed by atoms with Crippen LogP contribution in [0.2, 0.25) is 0 Å². The molecule has 1 N–H and O–H groups in total. The van der Waals surface area contributed by atoms with E-state index in [1.807, 2.05) is 0 Å². The SMILES string of the molecule is CCOC(=O)c1cnc(CNC(=O)OC(C)(C)C)c2c(OC)cc(OC)cc12. The molecule has 0 radical (unpaired) electrons. The lowest BCUT2D eigenvalue weighted by Gasteiger charge is -2.20. The molecule has 2 rings (SSSR count). The fourth-order valence-corrected chi connectivity index (χ4v) is 2.63. The van der Waals surface area contributed by atoms with Crippen LogP contribution in [0.3, 0.4) is 0 Å². The molecule has 1 aromatic heterocycles. The molecule has 0 unspecified atom stereocenters. The van der Waals surface area contributed by atoms with Gasteiger partial charge in [-0.05, 0) is 33.8 Å². The van der Waals surface area contributed by atoms with E-state index in [0.717, 1.165) is 0 Å². The number of rotatable bonds is 6. The van der Waals surface area contributed by atoms with Crippen molar-refractivity contribution >= 4 is 22.8 Å². The summed E-state index contributed by atoms with van der Waals surface area (Å²) >= 11 is 0. The Morgan fingerprint density at radius 1 is 1.14 bits per heavy atom. The fraction of sp³-hybridized carbons (Fsp3) is 0.450. The van der Waals surface area contributed by atoms with Crippen molar-refractivity contribution in [2.75, 3.05) is 20.8 Å². The second-order valence-electron chi connectivity index (χ2n) is 6.95. The van der Waals surface area contributed by atoms with E-state index in [9.17, 15) is 9.59 Å². The third kappa shape index (κ3) is 5.03. The highest BCUT2D eigenvalue weighted by Gasteiger charge is 2.21. The van der Waals surface area contributed by atoms with Crippen LogP contribution in [-0.4, -0.2) is 43.5 Å². The molecule has 0 aliphatic heterocycles. The van der Waals surface area contributed by atoms with Crippen LogP contribution in [0, 0.1) is 0 Å². The molecule has 1 aromatic carbocycles. The van der Waals surface area contributed by atoms with Crippen LogP contribution in [0.5, 0.6) is 11.5 Å². The van der Waals surface area contributed by atoms with Gasteiger partial charge in [0.1, 0.15) is 17.1 Å². The monoisotopic (exact) mass is 390 g/mol. The molecule has 0 saturated heterocycles. The van der Waals surface area contributed by atoms with Gasteiger partial charge in [0.2, 0.25) is 0 Å². The molecule has 8 nitrogen and oxygen atoms in total. The van der Waals surface area contributed by atoms with Crippen molar-refractivity contribution in [1.29, 1.82) is 0 Å². The number of amides is 1. The smallest absolute Gasteiger partial charge is 0.407 e. The van der Waals surface area contributed by atoms with Crippen LogP contribution < -0.4 is 14.8 Å². The average molecular weight is 390 g/mol. The highest BCUT2D eigenvalue weighted by molar-refractivity contribution is 6.07. The third-order valence-electron chi connectivity index (χ3n) is 3.75. The number of nitrogens with zero attached hydrogens (tertiary/aromatic N) is 1. The quantitative estimate of drug-likeness (QED) is 0.755. The lowest BCUT2D eigenvalue weighted by Crippen LogP contribution is -2.32. The van der Waals surface area contributed by atoms with Crippen LogP contribution in [-0.2, 0) is 16.0 Å². The second-order valence-corrected chi connectivity index (χ2v) is 6.95. The molecule has 152 valence electrons. The number of methoxy groups -OCH3 is 2. The Morgan fingerprint density at radius 3 is 2.43 bits per heavy atom. The molecule has 0 saturated carbocycles. The zero-order chi connectivity index (χ0) is 20.9. The largest absolute Gasteiger partial charge is 0.497 e. The van der Waals surface area contributed by atoms with Crippen molar-refractivity contribution in [3.8, 4) is 11.5 Å². The summed E-state index contributed by atoms with van der Waals surface area (Å²) in [6.45, 7) is 7.41. The summed E-state index contributed by atoms with van der Waals surface area (Å²) in [7, 11) is 3.03. The Balaban J connectivity index is 2.51. The molecular formula is C20H26N2O6. The van der Waals surface area contributed by atoms with Gasteiger partial charge in [-0.3, -0.25) is 4.98 Å². The first-order chi connectivity index (χ1) is 13.2. The van der Waals surface area contributed by atoms with Gasteiger partial charge < -0.3 is 24.3 Å². The summed E-state index contributed by atoms with van der Waals surface area (Å²) in [5.41, 5.74) is 0.196. The number of fused-ring (bicyclic) bond motifs is 1. The molecule has 0 bridgehead atoms. The van der Waals surface area contributed by atoms with Gasteiger partial charge in [-0.15, -0.1) is 0 Å². The van der Waals surface area contributed by atoms with Crippen LogP contribution in [0.25, 0.3) is 10.8 Å². The van der Waals surface area contributed by atoms with Gasteiger partial charge in [0.15, 0.2) is 0 Å². The molecule has 1 amide bonds. The van der Waals surface area contributed by atoms with E-state index in [1.165, 1.54) is 20.4 Å². The Hall–Kier alpha value is -3.03. The van der Waals surface area contributed by atoms with E-state index < -0.39 is 17.7 Å². The maximum Gasteiger partial charge on any atom is 0.407 e. The Kier molecular flexibility index (Phi) is 6.66. The zero-order valence-corrected chi connectivity index (χ0v) is 17.0. The molecule has 0 spiro atoms. The van der Waals surface area contributed by atoms with Crippen LogP contribution in [0.1, 0.15) is 43.7 Å². The number of esters is 1. The Labute approximate surface area is 164 Å². The number of benzene rings is 1. The lowest BCUT2D eigenvalue weighted by molar-refractivity contribution is 0.0513. The molecule has 8 heteroatoms. The second kappa shape index (κ2) is 8.77. The van der Waals surface area contributed by atoms with Crippen molar-refractivity contribution in [3.05, 3.63) is 29.6 Å². The molecule has 2 aromatic rings. The first-order valence-electron chi connectivity index (χ1n) is 8.87. The zero-order valence-electron chi connectivity index (χ0n) is 17.0. The molecular weight excluding hydrogens is 364 g/mol. The van der Waals surface area contributed by atoms with Crippen LogP contribution in [0.15, 0.2) is 18.3 Å². The summed E-state index contributed by atoms with van der Waals surface area (Å²) in [5.74, 6) is 0.489. The molecule has 0 aliphatic rings. The number of ether oxygens (including phenoxy) is 4. The lowest BCUT2D eigenvalue weighted by atomic mass is 10.0. The third-order valence-corrected chi connectivity index (χ3v) is 3.75. The minimum absolute atomic E-state index is 0.0945. The van der Waals surface area contributed by atoms with E-state index in [-0.39, 0.29) is 18.7 Å².